The van der Waals surface area contributed by atoms with Gasteiger partial charge in [-0.25, -0.2) is 0 Å². The average molecular weight is 287 g/mol. The van der Waals surface area contributed by atoms with Crippen LogP contribution in [0.15, 0.2) is 42.5 Å². The Kier molecular flexibility index (Phi) is 4.66. The van der Waals surface area contributed by atoms with E-state index in [9.17, 15) is 9.90 Å². The first-order chi connectivity index (χ1) is 10.1. The standard InChI is InChI=1S/C16H17NO4/c1-11-7-8-14(15(9-11)20-2)21-10-16(19)17-12-5-3-4-6-13(12)18/h3-9,18H,10H2,1-2H3,(H,17,19). The number of aromatic hydroxyl groups is 1. The molecule has 2 aromatic carbocycles. The highest BCUT2D eigenvalue weighted by molar-refractivity contribution is 5.93. The molecular formula is C16H17NO4. The van der Waals surface area contributed by atoms with Crippen molar-refractivity contribution >= 4 is 11.6 Å². The highest BCUT2D eigenvalue weighted by atomic mass is 16.5. The van der Waals surface area contributed by atoms with Gasteiger partial charge in [-0.05, 0) is 36.8 Å². The van der Waals surface area contributed by atoms with Crippen LogP contribution in [-0.2, 0) is 4.79 Å². The van der Waals surface area contributed by atoms with Crippen molar-refractivity contribution < 1.29 is 19.4 Å². The molecule has 0 aliphatic heterocycles. The first kappa shape index (κ1) is 14.7. The summed E-state index contributed by atoms with van der Waals surface area (Å²) in [6.45, 7) is 1.77. The van der Waals surface area contributed by atoms with Gasteiger partial charge in [0, 0.05) is 0 Å². The molecule has 0 fully saturated rings. The van der Waals surface area contributed by atoms with Gasteiger partial charge in [0.15, 0.2) is 18.1 Å². The zero-order valence-electron chi connectivity index (χ0n) is 11.9. The molecular weight excluding hydrogens is 270 g/mol. The van der Waals surface area contributed by atoms with E-state index in [-0.39, 0.29) is 18.3 Å². The predicted octanol–water partition coefficient (Wildman–Crippen LogP) is 2.73. The van der Waals surface area contributed by atoms with E-state index in [0.717, 1.165) is 5.56 Å². The highest BCUT2D eigenvalue weighted by Crippen LogP contribution is 2.28. The van der Waals surface area contributed by atoms with Crippen LogP contribution in [0.1, 0.15) is 5.56 Å². The van der Waals surface area contributed by atoms with E-state index in [4.69, 9.17) is 9.47 Å². The number of phenols is 1. The number of hydrogen-bond donors (Lipinski definition) is 2. The molecule has 0 aliphatic rings. The van der Waals surface area contributed by atoms with Crippen molar-refractivity contribution in [3.8, 4) is 17.2 Å². The molecule has 110 valence electrons. The number of methoxy groups -OCH3 is 1. The van der Waals surface area contributed by atoms with Crippen LogP contribution < -0.4 is 14.8 Å². The van der Waals surface area contributed by atoms with Gasteiger partial charge in [0.1, 0.15) is 5.75 Å². The molecule has 0 atom stereocenters. The third-order valence-corrected chi connectivity index (χ3v) is 2.86. The Balaban J connectivity index is 1.97. The van der Waals surface area contributed by atoms with Gasteiger partial charge in [0.05, 0.1) is 12.8 Å². The normalized spacial score (nSPS) is 10.0. The van der Waals surface area contributed by atoms with Crippen molar-refractivity contribution in [1.29, 1.82) is 0 Å². The number of aryl methyl sites for hydroxylation is 1. The summed E-state index contributed by atoms with van der Waals surface area (Å²) in [7, 11) is 1.55. The summed E-state index contributed by atoms with van der Waals surface area (Å²) in [6, 6.07) is 12.0. The second-order valence-electron chi connectivity index (χ2n) is 4.51. The van der Waals surface area contributed by atoms with Gasteiger partial charge in [-0.1, -0.05) is 18.2 Å². The van der Waals surface area contributed by atoms with E-state index in [2.05, 4.69) is 5.32 Å². The van der Waals surface area contributed by atoms with Gasteiger partial charge >= 0.3 is 0 Å². The summed E-state index contributed by atoms with van der Waals surface area (Å²) in [6.07, 6.45) is 0. The lowest BCUT2D eigenvalue weighted by Gasteiger charge is -2.11. The number of carbonyl (C=O) groups is 1. The number of nitrogens with one attached hydrogen (secondary N) is 1. The Morgan fingerprint density at radius 1 is 1.19 bits per heavy atom. The third kappa shape index (κ3) is 3.89. The summed E-state index contributed by atoms with van der Waals surface area (Å²) in [5.41, 5.74) is 1.39. The fourth-order valence-electron chi connectivity index (χ4n) is 1.80. The monoisotopic (exact) mass is 287 g/mol. The number of phenolic OH excluding ortho intramolecular Hbond substituents is 1. The number of amides is 1. The molecule has 0 spiro atoms. The molecule has 0 radical (unpaired) electrons. The van der Waals surface area contributed by atoms with Crippen molar-refractivity contribution in [2.75, 3.05) is 19.0 Å². The fourth-order valence-corrected chi connectivity index (χ4v) is 1.80. The van der Waals surface area contributed by atoms with Crippen LogP contribution in [0, 0.1) is 6.92 Å². The average Bonchev–Trinajstić information content (AvgIpc) is 2.48. The van der Waals surface area contributed by atoms with E-state index >= 15 is 0 Å². The predicted molar refractivity (Wildman–Crippen MR) is 80.0 cm³/mol. The molecule has 1 amide bonds. The van der Waals surface area contributed by atoms with Crippen LogP contribution in [0.3, 0.4) is 0 Å². The number of carbonyl (C=O) groups excluding carboxylic acids is 1. The number of para-hydroxylation sites is 2. The van der Waals surface area contributed by atoms with E-state index in [1.807, 2.05) is 19.1 Å². The van der Waals surface area contributed by atoms with E-state index in [0.29, 0.717) is 17.2 Å². The molecule has 0 saturated carbocycles. The molecule has 5 heteroatoms. The first-order valence-corrected chi connectivity index (χ1v) is 6.45. The summed E-state index contributed by atoms with van der Waals surface area (Å²) >= 11 is 0. The van der Waals surface area contributed by atoms with Gasteiger partial charge in [-0.3, -0.25) is 4.79 Å². The van der Waals surface area contributed by atoms with Crippen molar-refractivity contribution in [2.24, 2.45) is 0 Å². The maximum atomic E-state index is 11.8. The van der Waals surface area contributed by atoms with Crippen LogP contribution in [-0.4, -0.2) is 24.7 Å². The number of anilines is 1. The topological polar surface area (TPSA) is 67.8 Å². The van der Waals surface area contributed by atoms with E-state index in [1.165, 1.54) is 6.07 Å². The minimum absolute atomic E-state index is 0.0127. The minimum Gasteiger partial charge on any atom is -0.506 e. The van der Waals surface area contributed by atoms with Crippen LogP contribution in [0.5, 0.6) is 17.2 Å². The van der Waals surface area contributed by atoms with Gasteiger partial charge < -0.3 is 19.9 Å². The Bertz CT molecular complexity index is 640. The summed E-state index contributed by atoms with van der Waals surface area (Å²) < 4.78 is 10.6. The van der Waals surface area contributed by atoms with Gasteiger partial charge in [-0.15, -0.1) is 0 Å². The Hall–Kier alpha value is -2.69. The van der Waals surface area contributed by atoms with Crippen molar-refractivity contribution in [2.45, 2.75) is 6.92 Å². The maximum Gasteiger partial charge on any atom is 0.262 e. The van der Waals surface area contributed by atoms with Crippen LogP contribution in [0.25, 0.3) is 0 Å². The summed E-state index contributed by atoms with van der Waals surface area (Å²) in [5.74, 6) is 0.721. The second-order valence-corrected chi connectivity index (χ2v) is 4.51. The first-order valence-electron chi connectivity index (χ1n) is 6.45. The fraction of sp³-hybridized carbons (Fsp3) is 0.188. The zero-order valence-corrected chi connectivity index (χ0v) is 11.9. The quantitative estimate of drug-likeness (QED) is 0.830. The summed E-state index contributed by atoms with van der Waals surface area (Å²) in [4.78, 5) is 11.8. The summed E-state index contributed by atoms with van der Waals surface area (Å²) in [5, 5.41) is 12.2. The molecule has 2 aromatic rings. The third-order valence-electron chi connectivity index (χ3n) is 2.86. The molecule has 0 aliphatic carbocycles. The van der Waals surface area contributed by atoms with E-state index < -0.39 is 0 Å². The smallest absolute Gasteiger partial charge is 0.262 e. The molecule has 21 heavy (non-hydrogen) atoms. The van der Waals surface area contributed by atoms with Crippen LogP contribution in [0.2, 0.25) is 0 Å². The highest BCUT2D eigenvalue weighted by Gasteiger charge is 2.09. The SMILES string of the molecule is COc1cc(C)ccc1OCC(=O)Nc1ccccc1O. The lowest BCUT2D eigenvalue weighted by Crippen LogP contribution is -2.20. The molecule has 5 nitrogen and oxygen atoms in total. The van der Waals surface area contributed by atoms with Crippen molar-refractivity contribution in [3.63, 3.8) is 0 Å². The number of hydrogen-bond acceptors (Lipinski definition) is 4. The van der Waals surface area contributed by atoms with Crippen molar-refractivity contribution in [3.05, 3.63) is 48.0 Å². The molecule has 0 saturated heterocycles. The number of rotatable bonds is 5. The minimum atomic E-state index is -0.362. The van der Waals surface area contributed by atoms with Gasteiger partial charge in [-0.2, -0.15) is 0 Å². The Labute approximate surface area is 123 Å². The second kappa shape index (κ2) is 6.65. The molecule has 2 N–H and O–H groups in total. The van der Waals surface area contributed by atoms with Crippen LogP contribution >= 0.6 is 0 Å². The number of benzene rings is 2. The van der Waals surface area contributed by atoms with Gasteiger partial charge in [0.25, 0.3) is 5.91 Å². The lowest BCUT2D eigenvalue weighted by atomic mass is 10.2. The Morgan fingerprint density at radius 3 is 2.67 bits per heavy atom. The zero-order chi connectivity index (χ0) is 15.2. The van der Waals surface area contributed by atoms with E-state index in [1.54, 1.807) is 31.4 Å². The molecule has 0 aromatic heterocycles. The largest absolute Gasteiger partial charge is 0.506 e. The Morgan fingerprint density at radius 2 is 1.95 bits per heavy atom. The molecule has 0 unspecified atom stereocenters. The van der Waals surface area contributed by atoms with Crippen molar-refractivity contribution in [1.82, 2.24) is 0 Å². The molecule has 2 rings (SSSR count). The maximum absolute atomic E-state index is 11.8. The van der Waals surface area contributed by atoms with Crippen LogP contribution in [0.4, 0.5) is 5.69 Å². The molecule has 0 heterocycles. The molecule has 0 bridgehead atoms. The van der Waals surface area contributed by atoms with Gasteiger partial charge in [0.2, 0.25) is 0 Å². The lowest BCUT2D eigenvalue weighted by molar-refractivity contribution is -0.118. The number of ether oxygens (including phenoxy) is 2.